The van der Waals surface area contributed by atoms with Gasteiger partial charge in [-0.05, 0) is 50.1 Å². The van der Waals surface area contributed by atoms with Crippen LogP contribution in [-0.4, -0.2) is 21.4 Å². The minimum Gasteiger partial charge on any atom is -0.460 e. The fourth-order valence-corrected chi connectivity index (χ4v) is 3.02. The van der Waals surface area contributed by atoms with Crippen molar-refractivity contribution in [3.63, 3.8) is 0 Å². The van der Waals surface area contributed by atoms with E-state index < -0.39 is 5.60 Å². The van der Waals surface area contributed by atoms with Crippen molar-refractivity contribution in [1.29, 1.82) is 5.26 Å². The van der Waals surface area contributed by atoms with Crippen molar-refractivity contribution in [3.05, 3.63) is 93.4 Å². The zero-order valence-electron chi connectivity index (χ0n) is 17.3. The molecule has 0 fully saturated rings. The first-order valence-corrected chi connectivity index (χ1v) is 9.62. The van der Waals surface area contributed by atoms with Crippen molar-refractivity contribution in [2.45, 2.75) is 39.2 Å². The number of nitrogens with zero attached hydrogens (tertiary/aromatic N) is 3. The Morgan fingerprint density at radius 1 is 1.10 bits per heavy atom. The van der Waals surface area contributed by atoms with Crippen molar-refractivity contribution >= 4 is 5.97 Å². The number of carbonyl (C=O) groups is 1. The van der Waals surface area contributed by atoms with Crippen molar-refractivity contribution < 1.29 is 9.53 Å². The Morgan fingerprint density at radius 3 is 2.57 bits per heavy atom. The second kappa shape index (κ2) is 8.75. The lowest BCUT2D eigenvalue weighted by atomic mass is 10.0. The van der Waals surface area contributed by atoms with Gasteiger partial charge in [0.2, 0.25) is 5.43 Å². The van der Waals surface area contributed by atoms with E-state index in [0.717, 1.165) is 11.1 Å². The molecule has 1 aromatic heterocycles. The number of esters is 1. The van der Waals surface area contributed by atoms with E-state index in [-0.39, 0.29) is 17.8 Å². The lowest BCUT2D eigenvalue weighted by molar-refractivity contribution is -0.153. The Hall–Kier alpha value is -3.72. The molecule has 0 amide bonds. The van der Waals surface area contributed by atoms with E-state index in [9.17, 15) is 9.59 Å². The predicted octanol–water partition coefficient (Wildman–Crippen LogP) is 3.58. The summed E-state index contributed by atoms with van der Waals surface area (Å²) in [6.45, 7) is 5.50. The van der Waals surface area contributed by atoms with Gasteiger partial charge in [-0.2, -0.15) is 10.4 Å². The molecule has 6 heteroatoms. The van der Waals surface area contributed by atoms with E-state index in [1.165, 1.54) is 6.07 Å². The van der Waals surface area contributed by atoms with E-state index in [1.54, 1.807) is 29.1 Å². The van der Waals surface area contributed by atoms with Crippen LogP contribution in [0.15, 0.2) is 65.6 Å². The molecule has 3 rings (SSSR count). The highest BCUT2D eigenvalue weighted by Gasteiger charge is 2.16. The molecule has 0 aliphatic rings. The van der Waals surface area contributed by atoms with Gasteiger partial charge in [-0.3, -0.25) is 9.59 Å². The van der Waals surface area contributed by atoms with E-state index >= 15 is 0 Å². The van der Waals surface area contributed by atoms with Crippen molar-refractivity contribution in [3.8, 4) is 11.8 Å². The lowest BCUT2D eigenvalue weighted by Gasteiger charge is -2.19. The lowest BCUT2D eigenvalue weighted by Crippen LogP contribution is -2.24. The van der Waals surface area contributed by atoms with Crippen molar-refractivity contribution in [2.24, 2.45) is 0 Å². The molecule has 1 heterocycles. The third kappa shape index (κ3) is 5.65. The first-order valence-electron chi connectivity index (χ1n) is 9.62. The number of nitriles is 1. The Balaban J connectivity index is 1.82. The highest BCUT2D eigenvalue weighted by molar-refractivity contribution is 5.73. The molecule has 6 nitrogen and oxygen atoms in total. The smallest absolute Gasteiger partial charge is 0.310 e. The molecular weight excluding hydrogens is 378 g/mol. The molecule has 30 heavy (non-hydrogen) atoms. The van der Waals surface area contributed by atoms with Gasteiger partial charge in [-0.25, -0.2) is 4.68 Å². The van der Waals surface area contributed by atoms with Gasteiger partial charge in [0.05, 0.1) is 23.7 Å². The molecule has 3 aromatic rings. The topological polar surface area (TPSA) is 85.0 Å². The molecule has 0 aliphatic carbocycles. The Kier molecular flexibility index (Phi) is 6.12. The van der Waals surface area contributed by atoms with Crippen LogP contribution in [0.25, 0.3) is 5.69 Å². The van der Waals surface area contributed by atoms with Gasteiger partial charge in [0.25, 0.3) is 0 Å². The van der Waals surface area contributed by atoms with Crippen LogP contribution in [0.5, 0.6) is 0 Å². The van der Waals surface area contributed by atoms with Gasteiger partial charge in [-0.1, -0.05) is 30.3 Å². The quantitative estimate of drug-likeness (QED) is 0.610. The molecule has 2 aromatic carbocycles. The van der Waals surface area contributed by atoms with Gasteiger partial charge < -0.3 is 4.74 Å². The zero-order valence-corrected chi connectivity index (χ0v) is 17.3. The summed E-state index contributed by atoms with van der Waals surface area (Å²) < 4.78 is 6.96. The molecule has 0 unspecified atom stereocenters. The van der Waals surface area contributed by atoms with Crippen LogP contribution in [0.4, 0.5) is 0 Å². The number of rotatable bonds is 5. The number of carbonyl (C=O) groups excluding carboxylic acids is 1. The minimum absolute atomic E-state index is 0.165. The second-order valence-electron chi connectivity index (χ2n) is 7.99. The van der Waals surface area contributed by atoms with Crippen LogP contribution in [-0.2, 0) is 22.4 Å². The van der Waals surface area contributed by atoms with Gasteiger partial charge in [0.1, 0.15) is 11.3 Å². The van der Waals surface area contributed by atoms with E-state index in [0.29, 0.717) is 23.4 Å². The Labute approximate surface area is 175 Å². The van der Waals surface area contributed by atoms with E-state index in [1.807, 2.05) is 51.1 Å². The highest BCUT2D eigenvalue weighted by atomic mass is 16.6. The summed E-state index contributed by atoms with van der Waals surface area (Å²) in [5, 5.41) is 13.5. The maximum absolute atomic E-state index is 12.3. The summed E-state index contributed by atoms with van der Waals surface area (Å²) in [4.78, 5) is 24.4. The van der Waals surface area contributed by atoms with Crippen LogP contribution in [0.2, 0.25) is 0 Å². The molecule has 152 valence electrons. The van der Waals surface area contributed by atoms with Gasteiger partial charge in [0, 0.05) is 18.7 Å². The number of ether oxygens (including phenoxy) is 1. The highest BCUT2D eigenvalue weighted by Crippen LogP contribution is 2.14. The number of benzene rings is 2. The average molecular weight is 401 g/mol. The third-order valence-electron chi connectivity index (χ3n) is 4.25. The molecule has 0 atom stereocenters. The molecule has 0 bridgehead atoms. The first kappa shape index (κ1) is 21.0. The van der Waals surface area contributed by atoms with Crippen LogP contribution in [0.1, 0.15) is 43.2 Å². The molecule has 0 saturated carbocycles. The fraction of sp³-hybridized carbons (Fsp3) is 0.250. The largest absolute Gasteiger partial charge is 0.460 e. The third-order valence-corrected chi connectivity index (χ3v) is 4.25. The number of hydrogen-bond acceptors (Lipinski definition) is 5. The van der Waals surface area contributed by atoms with Crippen LogP contribution in [0, 0.1) is 11.3 Å². The standard InChI is InChI=1S/C24H23N3O3/c1-24(2,3)30-23(29)15-18-7-4-6-17(12-18)14-21-22(28)10-11-27(26-21)20-9-5-8-19(13-20)16-25/h4-13H,14-15H2,1-3H3. The summed E-state index contributed by atoms with van der Waals surface area (Å²) in [7, 11) is 0. The summed E-state index contributed by atoms with van der Waals surface area (Å²) >= 11 is 0. The molecule has 0 aliphatic heterocycles. The Bertz CT molecular complexity index is 1170. The van der Waals surface area contributed by atoms with E-state index in [2.05, 4.69) is 11.2 Å². The predicted molar refractivity (Wildman–Crippen MR) is 113 cm³/mol. The average Bonchev–Trinajstić information content (AvgIpc) is 2.68. The molecule has 0 radical (unpaired) electrons. The zero-order chi connectivity index (χ0) is 21.7. The van der Waals surface area contributed by atoms with Gasteiger partial charge in [-0.15, -0.1) is 0 Å². The Morgan fingerprint density at radius 2 is 1.83 bits per heavy atom. The summed E-state index contributed by atoms with van der Waals surface area (Å²) in [6.07, 6.45) is 2.08. The summed E-state index contributed by atoms with van der Waals surface area (Å²) in [5.41, 5.74) is 2.60. The number of aromatic nitrogens is 2. The second-order valence-corrected chi connectivity index (χ2v) is 7.99. The number of hydrogen-bond donors (Lipinski definition) is 0. The maximum atomic E-state index is 12.3. The van der Waals surface area contributed by atoms with Crippen molar-refractivity contribution in [2.75, 3.05) is 0 Å². The monoisotopic (exact) mass is 401 g/mol. The van der Waals surface area contributed by atoms with Crippen LogP contribution in [0.3, 0.4) is 0 Å². The summed E-state index contributed by atoms with van der Waals surface area (Å²) in [5.74, 6) is -0.294. The van der Waals surface area contributed by atoms with Gasteiger partial charge >= 0.3 is 5.97 Å². The van der Waals surface area contributed by atoms with Crippen molar-refractivity contribution in [1.82, 2.24) is 9.78 Å². The first-order chi connectivity index (χ1) is 14.2. The van der Waals surface area contributed by atoms with E-state index in [4.69, 9.17) is 10.00 Å². The normalized spacial score (nSPS) is 11.0. The molecular formula is C24H23N3O3. The van der Waals surface area contributed by atoms with Crippen LogP contribution >= 0.6 is 0 Å². The minimum atomic E-state index is -0.531. The maximum Gasteiger partial charge on any atom is 0.310 e. The fourth-order valence-electron chi connectivity index (χ4n) is 3.02. The molecule has 0 spiro atoms. The SMILES string of the molecule is CC(C)(C)OC(=O)Cc1cccc(Cc2nn(-c3cccc(C#N)c3)ccc2=O)c1. The van der Waals surface area contributed by atoms with Crippen LogP contribution < -0.4 is 5.43 Å². The molecule has 0 N–H and O–H groups in total. The molecule has 0 saturated heterocycles. The summed E-state index contributed by atoms with van der Waals surface area (Å²) in [6, 6.07) is 18.1. The van der Waals surface area contributed by atoms with Gasteiger partial charge in [0.15, 0.2) is 0 Å².